The third kappa shape index (κ3) is 14.9. The van der Waals surface area contributed by atoms with Gasteiger partial charge in [-0.05, 0) is 184 Å². The summed E-state index contributed by atoms with van der Waals surface area (Å²) in [5, 5.41) is 0. The van der Waals surface area contributed by atoms with E-state index in [4.69, 9.17) is 11.5 Å². The van der Waals surface area contributed by atoms with Crippen LogP contribution in [0.1, 0.15) is 180 Å². The van der Waals surface area contributed by atoms with Gasteiger partial charge < -0.3 is 31.1 Å². The number of rotatable bonds is 33. The van der Waals surface area contributed by atoms with E-state index in [-0.39, 0.29) is 0 Å². The zero-order valence-electron chi connectivity index (χ0n) is 47.5. The number of nitrogen functional groups attached to an aromatic ring is 2. The number of hydrogen-bond donors (Lipinski definition) is 2. The predicted molar refractivity (Wildman–Crippen MR) is 329 cm³/mol. The van der Waals surface area contributed by atoms with Gasteiger partial charge in [0.05, 0.1) is 28.4 Å². The molecule has 74 heavy (non-hydrogen) atoms. The van der Waals surface area contributed by atoms with E-state index in [9.17, 15) is 0 Å². The molecular weight excluding hydrogens is 901 g/mol. The van der Waals surface area contributed by atoms with Crippen LogP contribution in [0, 0.1) is 0 Å². The van der Waals surface area contributed by atoms with E-state index in [1.807, 2.05) is 0 Å². The molecule has 0 aromatic heterocycles. The van der Waals surface area contributed by atoms with E-state index in [2.05, 4.69) is 196 Å². The van der Waals surface area contributed by atoms with Crippen LogP contribution in [0.3, 0.4) is 0 Å². The lowest BCUT2D eigenvalue weighted by molar-refractivity contribution is 0.678. The molecule has 0 aliphatic heterocycles. The molecule has 0 atom stereocenters. The van der Waals surface area contributed by atoms with Gasteiger partial charge in [0.25, 0.3) is 0 Å². The topological polar surface area (TPSA) is 65.0 Å². The van der Waals surface area contributed by atoms with Crippen LogP contribution >= 0.6 is 0 Å². The van der Waals surface area contributed by atoms with Gasteiger partial charge in [0.1, 0.15) is 0 Å². The standard InChI is InChI=1S/C68H96N6/c1-9-17-27-53-35-47-65(67(69)62(53)29-19-11-3)74(66-48-36-54(28-18-10-2)63(68(66)70)30-20-12-4)64-32-26-25-31-61(64)55-33-37-58(38-34-55)73(59-43-39-56(40-44-59)71(49-21-13-5)50-22-14-6)60-45-41-57(42-46-60)72(51-23-15-7)52-24-16-8/h25-26,31-48H,9-24,27-30,49-52,69-70H2,1-8H3. The van der Waals surface area contributed by atoms with Crippen molar-refractivity contribution in [2.75, 3.05) is 57.2 Å². The third-order valence-electron chi connectivity index (χ3n) is 15.2. The second kappa shape index (κ2) is 30.5. The van der Waals surface area contributed by atoms with Crippen molar-refractivity contribution >= 4 is 56.9 Å². The first-order chi connectivity index (χ1) is 36.3. The maximum Gasteiger partial charge on any atom is 0.0695 e. The van der Waals surface area contributed by atoms with Crippen LogP contribution < -0.4 is 31.1 Å². The molecule has 0 aliphatic carbocycles. The molecule has 398 valence electrons. The average Bonchev–Trinajstić information content (AvgIpc) is 3.43. The molecule has 0 bridgehead atoms. The monoisotopic (exact) mass is 997 g/mol. The Hall–Kier alpha value is -5.88. The summed E-state index contributed by atoms with van der Waals surface area (Å²) in [6.07, 6.45) is 22.6. The van der Waals surface area contributed by atoms with Crippen LogP contribution in [0.15, 0.2) is 121 Å². The molecule has 0 unspecified atom stereocenters. The molecule has 0 aliphatic rings. The number of aryl methyl sites for hydroxylation is 2. The van der Waals surface area contributed by atoms with Crippen molar-refractivity contribution in [1.29, 1.82) is 0 Å². The minimum atomic E-state index is 0.868. The zero-order chi connectivity index (χ0) is 52.7. The average molecular weight is 998 g/mol. The van der Waals surface area contributed by atoms with Gasteiger partial charge in [0, 0.05) is 60.2 Å². The lowest BCUT2D eigenvalue weighted by atomic mass is 9.92. The Morgan fingerprint density at radius 2 is 0.649 bits per heavy atom. The maximum absolute atomic E-state index is 7.53. The first kappa shape index (κ1) is 57.4. The van der Waals surface area contributed by atoms with Gasteiger partial charge in [-0.25, -0.2) is 0 Å². The fourth-order valence-corrected chi connectivity index (χ4v) is 10.6. The number of unbranched alkanes of at least 4 members (excludes halogenated alkanes) is 8. The zero-order valence-corrected chi connectivity index (χ0v) is 47.5. The van der Waals surface area contributed by atoms with Gasteiger partial charge in [-0.3, -0.25) is 0 Å². The summed E-state index contributed by atoms with van der Waals surface area (Å²) in [6, 6.07) is 46.0. The van der Waals surface area contributed by atoms with E-state index in [0.29, 0.717) is 0 Å². The number of hydrogen-bond acceptors (Lipinski definition) is 6. The quantitative estimate of drug-likeness (QED) is 0.0401. The fraction of sp³-hybridized carbons (Fsp3) is 0.471. The van der Waals surface area contributed by atoms with Crippen molar-refractivity contribution in [3.8, 4) is 11.1 Å². The summed E-state index contributed by atoms with van der Waals surface area (Å²) >= 11 is 0. The minimum Gasteiger partial charge on any atom is -0.397 e. The van der Waals surface area contributed by atoms with Crippen LogP contribution in [0.5, 0.6) is 0 Å². The molecule has 0 fully saturated rings. The molecule has 6 aromatic carbocycles. The summed E-state index contributed by atoms with van der Waals surface area (Å²) in [5.74, 6) is 0. The Kier molecular flexibility index (Phi) is 23.6. The van der Waals surface area contributed by atoms with Crippen molar-refractivity contribution < 1.29 is 0 Å². The van der Waals surface area contributed by atoms with Crippen molar-refractivity contribution in [3.05, 3.63) is 144 Å². The van der Waals surface area contributed by atoms with Crippen molar-refractivity contribution in [2.24, 2.45) is 0 Å². The third-order valence-corrected chi connectivity index (χ3v) is 15.2. The van der Waals surface area contributed by atoms with Gasteiger partial charge in [-0.1, -0.05) is 149 Å². The summed E-state index contributed by atoms with van der Waals surface area (Å²) in [5.41, 5.74) is 33.5. The molecular formula is C68H96N6. The predicted octanol–water partition coefficient (Wildman–Crippen LogP) is 19.6. The van der Waals surface area contributed by atoms with Gasteiger partial charge in [0.2, 0.25) is 0 Å². The van der Waals surface area contributed by atoms with Gasteiger partial charge >= 0.3 is 0 Å². The Morgan fingerprint density at radius 1 is 0.311 bits per heavy atom. The van der Waals surface area contributed by atoms with Gasteiger partial charge in [0.15, 0.2) is 0 Å². The fourth-order valence-electron chi connectivity index (χ4n) is 10.6. The number of anilines is 10. The summed E-state index contributed by atoms with van der Waals surface area (Å²) in [4.78, 5) is 9.98. The van der Waals surface area contributed by atoms with Crippen LogP contribution in [0.25, 0.3) is 11.1 Å². The van der Waals surface area contributed by atoms with Crippen LogP contribution in [-0.2, 0) is 25.7 Å². The van der Waals surface area contributed by atoms with Gasteiger partial charge in [-0.2, -0.15) is 0 Å². The molecule has 4 N–H and O–H groups in total. The molecule has 0 saturated heterocycles. The number of benzene rings is 6. The molecule has 0 radical (unpaired) electrons. The molecule has 0 amide bonds. The second-order valence-corrected chi connectivity index (χ2v) is 20.8. The molecule has 0 saturated carbocycles. The SMILES string of the molecule is CCCCc1ccc(N(c2ccccc2-c2ccc(N(c3ccc(N(CCCC)CCCC)cc3)c3ccc(N(CCCC)CCCC)cc3)cc2)c2ccc(CCCC)c(CCCC)c2N)c(N)c1CCCC. The highest BCUT2D eigenvalue weighted by Gasteiger charge is 2.26. The highest BCUT2D eigenvalue weighted by atomic mass is 15.2. The van der Waals surface area contributed by atoms with E-state index in [0.717, 1.165) is 160 Å². The molecule has 6 aromatic rings. The van der Waals surface area contributed by atoms with Crippen LogP contribution in [0.2, 0.25) is 0 Å². The molecule has 6 rings (SSSR count). The van der Waals surface area contributed by atoms with Crippen molar-refractivity contribution in [3.63, 3.8) is 0 Å². The number of nitrogens with zero attached hydrogens (tertiary/aromatic N) is 4. The lowest BCUT2D eigenvalue weighted by Crippen LogP contribution is -2.25. The first-order valence-electron chi connectivity index (χ1n) is 29.6. The summed E-state index contributed by atoms with van der Waals surface area (Å²) in [6.45, 7) is 22.6. The maximum atomic E-state index is 7.53. The van der Waals surface area contributed by atoms with Crippen LogP contribution in [0.4, 0.5) is 56.9 Å². The minimum absolute atomic E-state index is 0.868. The molecule has 6 nitrogen and oxygen atoms in total. The Balaban J connectivity index is 1.50. The van der Waals surface area contributed by atoms with Crippen molar-refractivity contribution in [1.82, 2.24) is 0 Å². The summed E-state index contributed by atoms with van der Waals surface area (Å²) < 4.78 is 0. The van der Waals surface area contributed by atoms with Crippen LogP contribution in [-0.4, -0.2) is 26.2 Å². The molecule has 0 heterocycles. The van der Waals surface area contributed by atoms with Crippen molar-refractivity contribution in [2.45, 2.75) is 184 Å². The Labute approximate surface area is 450 Å². The lowest BCUT2D eigenvalue weighted by Gasteiger charge is -2.32. The summed E-state index contributed by atoms with van der Waals surface area (Å²) in [7, 11) is 0. The van der Waals surface area contributed by atoms with E-state index in [1.165, 1.54) is 85.0 Å². The highest BCUT2D eigenvalue weighted by Crippen LogP contribution is 2.48. The van der Waals surface area contributed by atoms with E-state index < -0.39 is 0 Å². The Bertz CT molecular complexity index is 2400. The number of para-hydroxylation sites is 1. The highest BCUT2D eigenvalue weighted by molar-refractivity contribution is 5.96. The molecule has 0 spiro atoms. The second-order valence-electron chi connectivity index (χ2n) is 20.8. The first-order valence-corrected chi connectivity index (χ1v) is 29.6. The Morgan fingerprint density at radius 3 is 1.03 bits per heavy atom. The normalized spacial score (nSPS) is 11.3. The van der Waals surface area contributed by atoms with Gasteiger partial charge in [-0.15, -0.1) is 0 Å². The molecule has 6 heteroatoms. The number of nitrogens with two attached hydrogens (primary N) is 2. The van der Waals surface area contributed by atoms with E-state index in [1.54, 1.807) is 0 Å². The largest absolute Gasteiger partial charge is 0.397 e. The smallest absolute Gasteiger partial charge is 0.0695 e. The van der Waals surface area contributed by atoms with E-state index >= 15 is 0 Å².